The Morgan fingerprint density at radius 1 is 1.65 bits per heavy atom. The fraction of sp³-hybridized carbons (Fsp3) is 0.727. The van der Waals surface area contributed by atoms with Crippen molar-refractivity contribution in [1.82, 2.24) is 19.7 Å². The number of halogens is 2. The summed E-state index contributed by atoms with van der Waals surface area (Å²) in [5.74, 6) is -3.83. The number of nitrogens with zero attached hydrogens (tertiary/aromatic N) is 3. The van der Waals surface area contributed by atoms with E-state index in [1.54, 1.807) is 0 Å². The highest BCUT2D eigenvalue weighted by molar-refractivity contribution is 5.76. The molecule has 0 aromatic carbocycles. The molecule has 20 heavy (non-hydrogen) atoms. The Bertz CT molecular complexity index is 554. The van der Waals surface area contributed by atoms with E-state index in [1.807, 2.05) is 0 Å². The van der Waals surface area contributed by atoms with Gasteiger partial charge in [0.25, 0.3) is 5.92 Å². The van der Waals surface area contributed by atoms with Crippen molar-refractivity contribution in [2.45, 2.75) is 43.9 Å². The number of carbonyl (C=O) groups is 1. The summed E-state index contributed by atoms with van der Waals surface area (Å²) in [7, 11) is 1.48. The highest BCUT2D eigenvalue weighted by Gasteiger charge is 2.46. The van der Waals surface area contributed by atoms with Gasteiger partial charge in [0.15, 0.2) is 0 Å². The highest BCUT2D eigenvalue weighted by atomic mass is 19.3. The van der Waals surface area contributed by atoms with Crippen LogP contribution in [0.5, 0.6) is 0 Å². The molecule has 0 unspecified atom stereocenters. The van der Waals surface area contributed by atoms with Crippen molar-refractivity contribution in [1.29, 1.82) is 0 Å². The van der Waals surface area contributed by atoms with Gasteiger partial charge in [0.05, 0.1) is 6.04 Å². The Balaban J connectivity index is 1.98. The third kappa shape index (κ3) is 2.87. The first-order chi connectivity index (χ1) is 9.31. The van der Waals surface area contributed by atoms with Crippen LogP contribution in [0, 0.1) is 0 Å². The van der Waals surface area contributed by atoms with Gasteiger partial charge in [-0.1, -0.05) is 0 Å². The molecule has 1 amide bonds. The second kappa shape index (κ2) is 5.31. The molecule has 112 valence electrons. The van der Waals surface area contributed by atoms with E-state index in [0.29, 0.717) is 0 Å². The summed E-state index contributed by atoms with van der Waals surface area (Å²) in [6.07, 6.45) is -0.543. The van der Waals surface area contributed by atoms with Gasteiger partial charge < -0.3 is 10.4 Å². The largest absolute Gasteiger partial charge is 0.385 e. The predicted molar refractivity (Wildman–Crippen MR) is 64.2 cm³/mol. The molecule has 1 aliphatic rings. The summed E-state index contributed by atoms with van der Waals surface area (Å²) < 4.78 is 28.8. The molecule has 1 aliphatic carbocycles. The molecular weight excluding hydrogens is 274 g/mol. The van der Waals surface area contributed by atoms with Gasteiger partial charge in [0, 0.05) is 13.5 Å². The van der Waals surface area contributed by atoms with Crippen molar-refractivity contribution >= 4 is 5.91 Å². The molecule has 0 radical (unpaired) electrons. The zero-order chi connectivity index (χ0) is 14.9. The van der Waals surface area contributed by atoms with Crippen LogP contribution >= 0.6 is 0 Å². The van der Waals surface area contributed by atoms with Gasteiger partial charge in [-0.25, -0.2) is 18.3 Å². The molecule has 7 nitrogen and oxygen atoms in total. The number of hydrogen-bond donors (Lipinski definition) is 2. The number of carbonyl (C=O) groups excluding carboxylic acids is 1. The Hall–Kier alpha value is -1.77. The fourth-order valence-corrected chi connectivity index (χ4v) is 2.23. The molecule has 2 atom stereocenters. The van der Waals surface area contributed by atoms with Crippen molar-refractivity contribution in [3.8, 4) is 0 Å². The van der Waals surface area contributed by atoms with Crippen molar-refractivity contribution < 1.29 is 18.7 Å². The minimum absolute atomic E-state index is 0.221. The van der Waals surface area contributed by atoms with Gasteiger partial charge in [0.2, 0.25) is 5.91 Å². The van der Waals surface area contributed by atoms with E-state index in [9.17, 15) is 23.5 Å². The monoisotopic (exact) mass is 290 g/mol. The van der Waals surface area contributed by atoms with Crippen molar-refractivity contribution in [2.75, 3.05) is 0 Å². The van der Waals surface area contributed by atoms with Crippen LogP contribution in [0.1, 0.15) is 19.3 Å². The lowest BCUT2D eigenvalue weighted by Crippen LogP contribution is -2.54. The van der Waals surface area contributed by atoms with Crippen LogP contribution in [0.3, 0.4) is 0 Å². The molecule has 2 rings (SSSR count). The maximum atomic E-state index is 13.3. The molecule has 1 aromatic heterocycles. The van der Waals surface area contributed by atoms with Gasteiger partial charge in [-0.05, 0) is 12.8 Å². The zero-order valence-corrected chi connectivity index (χ0v) is 10.9. The molecule has 9 heteroatoms. The van der Waals surface area contributed by atoms with Crippen LogP contribution in [-0.2, 0) is 18.4 Å². The summed E-state index contributed by atoms with van der Waals surface area (Å²) in [5.41, 5.74) is -0.477. The van der Waals surface area contributed by atoms with Crippen LogP contribution in [0.4, 0.5) is 8.78 Å². The number of alkyl halides is 2. The average Bonchev–Trinajstić information content (AvgIpc) is 2.67. The van der Waals surface area contributed by atoms with Crippen LogP contribution in [0.15, 0.2) is 11.1 Å². The van der Waals surface area contributed by atoms with Crippen LogP contribution in [0.25, 0.3) is 0 Å². The third-order valence-electron chi connectivity index (χ3n) is 3.37. The normalized spacial score (nSPS) is 25.4. The maximum absolute atomic E-state index is 13.3. The van der Waals surface area contributed by atoms with E-state index in [2.05, 4.69) is 10.4 Å². The Kier molecular flexibility index (Phi) is 3.89. The van der Waals surface area contributed by atoms with E-state index in [1.165, 1.54) is 17.9 Å². The molecule has 1 saturated carbocycles. The lowest BCUT2D eigenvalue weighted by atomic mass is 9.89. The molecule has 0 spiro atoms. The highest BCUT2D eigenvalue weighted by Crippen LogP contribution is 2.33. The molecule has 2 N–H and O–H groups in total. The lowest BCUT2D eigenvalue weighted by molar-refractivity contribution is -0.149. The van der Waals surface area contributed by atoms with E-state index < -0.39 is 29.7 Å². The van der Waals surface area contributed by atoms with Gasteiger partial charge >= 0.3 is 5.69 Å². The number of aromatic nitrogens is 3. The van der Waals surface area contributed by atoms with Gasteiger partial charge in [-0.2, -0.15) is 5.10 Å². The Morgan fingerprint density at radius 2 is 2.35 bits per heavy atom. The third-order valence-corrected chi connectivity index (χ3v) is 3.37. The smallest absolute Gasteiger partial charge is 0.345 e. The van der Waals surface area contributed by atoms with E-state index in [4.69, 9.17) is 0 Å². The maximum Gasteiger partial charge on any atom is 0.345 e. The van der Waals surface area contributed by atoms with Crippen LogP contribution in [-0.4, -0.2) is 43.4 Å². The van der Waals surface area contributed by atoms with E-state index in [0.717, 1.165) is 4.68 Å². The second-order valence-corrected chi connectivity index (χ2v) is 4.95. The molecule has 1 heterocycles. The number of amides is 1. The molecule has 0 saturated heterocycles. The summed E-state index contributed by atoms with van der Waals surface area (Å²) >= 11 is 0. The zero-order valence-electron chi connectivity index (χ0n) is 10.9. The van der Waals surface area contributed by atoms with E-state index >= 15 is 0 Å². The first-order valence-electron chi connectivity index (χ1n) is 6.25. The fourth-order valence-electron chi connectivity index (χ4n) is 2.23. The first-order valence-corrected chi connectivity index (χ1v) is 6.25. The van der Waals surface area contributed by atoms with Crippen molar-refractivity contribution in [3.63, 3.8) is 0 Å². The molecule has 1 fully saturated rings. The minimum atomic E-state index is -3.20. The summed E-state index contributed by atoms with van der Waals surface area (Å²) in [5, 5.41) is 15.5. The summed E-state index contributed by atoms with van der Waals surface area (Å²) in [4.78, 5) is 23.2. The number of nitrogens with one attached hydrogen (secondary N) is 1. The Labute approximate surface area is 113 Å². The summed E-state index contributed by atoms with van der Waals surface area (Å²) in [6.45, 7) is -0.367. The number of aliphatic hydroxyl groups is 1. The van der Waals surface area contributed by atoms with Crippen LogP contribution < -0.4 is 11.0 Å². The van der Waals surface area contributed by atoms with Gasteiger partial charge in [0.1, 0.15) is 19.0 Å². The number of aliphatic hydroxyl groups excluding tert-OH is 1. The SMILES string of the molecule is Cn1cnn(CC(=O)N[C@@H]2CCCC(F)(F)[C@H]2O)c1=O. The van der Waals surface area contributed by atoms with E-state index in [-0.39, 0.29) is 25.8 Å². The Morgan fingerprint density at radius 3 is 2.95 bits per heavy atom. The molecule has 1 aromatic rings. The first kappa shape index (κ1) is 14.6. The number of hydrogen-bond acceptors (Lipinski definition) is 4. The van der Waals surface area contributed by atoms with Crippen LogP contribution in [0.2, 0.25) is 0 Å². The predicted octanol–water partition coefficient (Wildman–Crippen LogP) is -0.753. The lowest BCUT2D eigenvalue weighted by Gasteiger charge is -2.34. The van der Waals surface area contributed by atoms with Crippen molar-refractivity contribution in [3.05, 3.63) is 16.8 Å². The summed E-state index contributed by atoms with van der Waals surface area (Å²) in [6, 6.07) is -1.01. The average molecular weight is 290 g/mol. The number of rotatable bonds is 3. The minimum Gasteiger partial charge on any atom is -0.385 e. The number of aryl methyl sites for hydroxylation is 1. The quantitative estimate of drug-likeness (QED) is 0.766. The van der Waals surface area contributed by atoms with Gasteiger partial charge in [-0.15, -0.1) is 0 Å². The molecule has 0 bridgehead atoms. The standard InChI is InChI=1S/C11H16F2N4O3/c1-16-6-14-17(10(16)20)5-8(18)15-7-3-2-4-11(12,13)9(7)19/h6-7,9,19H,2-5H2,1H3,(H,15,18)/t7-,9+/m1/s1. The second-order valence-electron chi connectivity index (χ2n) is 4.95. The topological polar surface area (TPSA) is 89.2 Å². The van der Waals surface area contributed by atoms with Crippen molar-refractivity contribution in [2.24, 2.45) is 7.05 Å². The molecular formula is C11H16F2N4O3. The molecule has 0 aliphatic heterocycles. The van der Waals surface area contributed by atoms with Gasteiger partial charge in [-0.3, -0.25) is 9.36 Å².